The maximum atomic E-state index is 9.87. The molecule has 0 saturated carbocycles. The van der Waals surface area contributed by atoms with Crippen molar-refractivity contribution in [1.82, 2.24) is 0 Å². The summed E-state index contributed by atoms with van der Waals surface area (Å²) < 4.78 is 10.5. The van der Waals surface area contributed by atoms with Gasteiger partial charge in [-0.05, 0) is 17.7 Å². The fourth-order valence-corrected chi connectivity index (χ4v) is 1.67. The zero-order valence-corrected chi connectivity index (χ0v) is 8.98. The second-order valence-corrected chi connectivity index (χ2v) is 3.91. The Kier molecular flexibility index (Phi) is 3.59. The zero-order valence-electron chi connectivity index (χ0n) is 8.23. The number of rotatable bonds is 3. The molecule has 0 bridgehead atoms. The van der Waals surface area contributed by atoms with Gasteiger partial charge in [-0.2, -0.15) is 0 Å². The summed E-state index contributed by atoms with van der Waals surface area (Å²) in [4.78, 5) is 0. The molecule has 1 unspecified atom stereocenters. The average molecular weight is 229 g/mol. The molecule has 82 valence electrons. The van der Waals surface area contributed by atoms with Crippen molar-refractivity contribution in [1.29, 1.82) is 0 Å². The Morgan fingerprint density at radius 3 is 2.47 bits per heavy atom. The van der Waals surface area contributed by atoms with Crippen molar-refractivity contribution in [3.05, 3.63) is 34.9 Å². The van der Waals surface area contributed by atoms with E-state index in [1.807, 2.05) is 12.1 Å². The van der Waals surface area contributed by atoms with Crippen molar-refractivity contribution in [3.8, 4) is 0 Å². The first-order valence-corrected chi connectivity index (χ1v) is 5.30. The molecular formula is C11H13ClO3. The van der Waals surface area contributed by atoms with Gasteiger partial charge >= 0.3 is 0 Å². The van der Waals surface area contributed by atoms with E-state index in [0.717, 1.165) is 5.56 Å². The molecule has 1 saturated heterocycles. The number of aliphatic hydroxyl groups is 1. The van der Waals surface area contributed by atoms with Crippen molar-refractivity contribution in [2.24, 2.45) is 0 Å². The van der Waals surface area contributed by atoms with E-state index < -0.39 is 6.10 Å². The molecule has 1 aliphatic rings. The summed E-state index contributed by atoms with van der Waals surface area (Å²) in [6.07, 6.45) is -0.386. The number of hydrogen-bond donors (Lipinski definition) is 1. The lowest BCUT2D eigenvalue weighted by atomic mass is 10.1. The van der Waals surface area contributed by atoms with Crippen LogP contribution >= 0.6 is 11.6 Å². The smallest absolute Gasteiger partial charge is 0.160 e. The third kappa shape index (κ3) is 2.92. The summed E-state index contributed by atoms with van der Waals surface area (Å²) in [5, 5.41) is 10.5. The van der Waals surface area contributed by atoms with Crippen molar-refractivity contribution in [3.63, 3.8) is 0 Å². The Balaban J connectivity index is 1.94. The van der Waals surface area contributed by atoms with E-state index in [0.29, 0.717) is 24.7 Å². The highest BCUT2D eigenvalue weighted by Gasteiger charge is 2.20. The van der Waals surface area contributed by atoms with Gasteiger partial charge in [0.15, 0.2) is 6.29 Å². The maximum absolute atomic E-state index is 9.87. The highest BCUT2D eigenvalue weighted by Crippen LogP contribution is 2.23. The standard InChI is InChI=1S/C11H13ClO3/c12-9-3-1-8(2-4-9)10(13)7-11-14-5-6-15-11/h1-4,10-11,13H,5-7H2. The van der Waals surface area contributed by atoms with E-state index in [-0.39, 0.29) is 6.29 Å². The summed E-state index contributed by atoms with van der Waals surface area (Å²) in [6.45, 7) is 1.22. The second-order valence-electron chi connectivity index (χ2n) is 3.47. The Morgan fingerprint density at radius 1 is 1.27 bits per heavy atom. The molecule has 1 fully saturated rings. The highest BCUT2D eigenvalue weighted by atomic mass is 35.5. The van der Waals surface area contributed by atoms with E-state index >= 15 is 0 Å². The molecule has 4 heteroatoms. The Bertz CT molecular complexity index is 306. The first-order chi connectivity index (χ1) is 7.25. The van der Waals surface area contributed by atoms with Crippen molar-refractivity contribution in [2.45, 2.75) is 18.8 Å². The first kappa shape index (κ1) is 10.9. The molecule has 0 radical (unpaired) electrons. The van der Waals surface area contributed by atoms with Gasteiger partial charge in [0.1, 0.15) is 0 Å². The Labute approximate surface area is 93.6 Å². The minimum absolute atomic E-state index is 0.282. The molecule has 2 rings (SSSR count). The van der Waals surface area contributed by atoms with Crippen LogP contribution in [-0.2, 0) is 9.47 Å². The average Bonchev–Trinajstić information content (AvgIpc) is 2.71. The molecule has 0 spiro atoms. The molecule has 1 aliphatic heterocycles. The van der Waals surface area contributed by atoms with Gasteiger partial charge in [-0.1, -0.05) is 23.7 Å². The number of ether oxygens (including phenoxy) is 2. The molecular weight excluding hydrogens is 216 g/mol. The molecule has 3 nitrogen and oxygen atoms in total. The normalized spacial score (nSPS) is 19.3. The number of hydrogen-bond acceptors (Lipinski definition) is 3. The predicted octanol–water partition coefficient (Wildman–Crippen LogP) is 2.14. The minimum Gasteiger partial charge on any atom is -0.388 e. The predicted molar refractivity (Wildman–Crippen MR) is 56.7 cm³/mol. The van der Waals surface area contributed by atoms with Gasteiger partial charge in [-0.25, -0.2) is 0 Å². The first-order valence-electron chi connectivity index (χ1n) is 4.92. The molecule has 1 aromatic rings. The van der Waals surface area contributed by atoms with Gasteiger partial charge in [-0.3, -0.25) is 0 Å². The van der Waals surface area contributed by atoms with Gasteiger partial charge in [-0.15, -0.1) is 0 Å². The minimum atomic E-state index is -0.564. The molecule has 0 aliphatic carbocycles. The Hall–Kier alpha value is -0.610. The number of benzene rings is 1. The van der Waals surface area contributed by atoms with Crippen LogP contribution in [0, 0.1) is 0 Å². The van der Waals surface area contributed by atoms with Gasteiger partial charge in [0.05, 0.1) is 19.3 Å². The van der Waals surface area contributed by atoms with Crippen LogP contribution in [0.25, 0.3) is 0 Å². The lowest BCUT2D eigenvalue weighted by Gasteiger charge is -2.14. The van der Waals surface area contributed by atoms with Crippen LogP contribution in [0.1, 0.15) is 18.1 Å². The summed E-state index contributed by atoms with van der Waals surface area (Å²) in [6, 6.07) is 7.14. The lowest BCUT2D eigenvalue weighted by Crippen LogP contribution is -2.13. The molecule has 15 heavy (non-hydrogen) atoms. The van der Waals surface area contributed by atoms with Gasteiger partial charge in [0, 0.05) is 11.4 Å². The fourth-order valence-electron chi connectivity index (χ4n) is 1.55. The summed E-state index contributed by atoms with van der Waals surface area (Å²) in [7, 11) is 0. The van der Waals surface area contributed by atoms with Gasteiger partial charge < -0.3 is 14.6 Å². The van der Waals surface area contributed by atoms with Crippen molar-refractivity contribution in [2.75, 3.05) is 13.2 Å². The van der Waals surface area contributed by atoms with E-state index in [1.54, 1.807) is 12.1 Å². The highest BCUT2D eigenvalue weighted by molar-refractivity contribution is 6.30. The molecule has 1 heterocycles. The zero-order chi connectivity index (χ0) is 10.7. The third-order valence-electron chi connectivity index (χ3n) is 2.36. The topological polar surface area (TPSA) is 38.7 Å². The number of aliphatic hydroxyl groups excluding tert-OH is 1. The van der Waals surface area contributed by atoms with Crippen LogP contribution in [0.5, 0.6) is 0 Å². The maximum Gasteiger partial charge on any atom is 0.160 e. The van der Waals surface area contributed by atoms with Gasteiger partial charge in [0.2, 0.25) is 0 Å². The fraction of sp³-hybridized carbons (Fsp3) is 0.455. The summed E-state index contributed by atoms with van der Waals surface area (Å²) in [5.74, 6) is 0. The van der Waals surface area contributed by atoms with Crippen LogP contribution in [-0.4, -0.2) is 24.6 Å². The van der Waals surface area contributed by atoms with Crippen LogP contribution < -0.4 is 0 Å². The van der Waals surface area contributed by atoms with Crippen LogP contribution in [0.4, 0.5) is 0 Å². The molecule has 1 aromatic carbocycles. The summed E-state index contributed by atoms with van der Waals surface area (Å²) >= 11 is 5.76. The van der Waals surface area contributed by atoms with E-state index in [9.17, 15) is 5.11 Å². The quantitative estimate of drug-likeness (QED) is 0.862. The molecule has 0 aromatic heterocycles. The molecule has 1 N–H and O–H groups in total. The second kappa shape index (κ2) is 4.94. The largest absolute Gasteiger partial charge is 0.388 e. The van der Waals surface area contributed by atoms with Crippen molar-refractivity contribution < 1.29 is 14.6 Å². The SMILES string of the molecule is OC(CC1OCCO1)c1ccc(Cl)cc1. The van der Waals surface area contributed by atoms with Crippen LogP contribution in [0.3, 0.4) is 0 Å². The van der Waals surface area contributed by atoms with Crippen LogP contribution in [0.15, 0.2) is 24.3 Å². The van der Waals surface area contributed by atoms with E-state index in [2.05, 4.69) is 0 Å². The summed E-state index contributed by atoms with van der Waals surface area (Å²) in [5.41, 5.74) is 0.832. The van der Waals surface area contributed by atoms with Gasteiger partial charge in [0.25, 0.3) is 0 Å². The Morgan fingerprint density at radius 2 is 1.87 bits per heavy atom. The van der Waals surface area contributed by atoms with Crippen molar-refractivity contribution >= 4 is 11.6 Å². The molecule has 0 amide bonds. The van der Waals surface area contributed by atoms with Crippen LogP contribution in [0.2, 0.25) is 5.02 Å². The van der Waals surface area contributed by atoms with E-state index in [4.69, 9.17) is 21.1 Å². The number of halogens is 1. The third-order valence-corrected chi connectivity index (χ3v) is 2.61. The lowest BCUT2D eigenvalue weighted by molar-refractivity contribution is -0.0707. The monoisotopic (exact) mass is 228 g/mol. The molecule has 1 atom stereocenters. The van der Waals surface area contributed by atoms with E-state index in [1.165, 1.54) is 0 Å².